The number of halogens is 1. The fraction of sp³-hybridized carbons (Fsp3) is 0.409. The van der Waals surface area contributed by atoms with Gasteiger partial charge in [-0.15, -0.1) is 0 Å². The predicted molar refractivity (Wildman–Crippen MR) is 116 cm³/mol. The van der Waals surface area contributed by atoms with Crippen LogP contribution in [0.3, 0.4) is 0 Å². The Hall–Kier alpha value is -3.40. The Kier molecular flexibility index (Phi) is 5.88. The highest BCUT2D eigenvalue weighted by Gasteiger charge is 2.45. The van der Waals surface area contributed by atoms with E-state index in [1.165, 1.54) is 30.4 Å². The third kappa shape index (κ3) is 4.18. The van der Waals surface area contributed by atoms with Crippen molar-refractivity contribution in [2.45, 2.75) is 38.0 Å². The Balaban J connectivity index is 1.66. The maximum atomic E-state index is 16.1. The summed E-state index contributed by atoms with van der Waals surface area (Å²) in [6.07, 6.45) is 8.29. The highest BCUT2D eigenvalue weighted by molar-refractivity contribution is 6.02. The average Bonchev–Trinajstić information content (AvgIpc) is 3.54. The Bertz CT molecular complexity index is 1110. The number of carbonyl (C=O) groups excluding carboxylic acids is 2. The Morgan fingerprint density at radius 1 is 1.34 bits per heavy atom. The van der Waals surface area contributed by atoms with Crippen molar-refractivity contribution in [1.29, 1.82) is 0 Å². The molecular weight excluding hydrogens is 415 g/mol. The molecule has 2 aromatic heterocycles. The van der Waals surface area contributed by atoms with Gasteiger partial charge in [0.1, 0.15) is 17.6 Å². The van der Waals surface area contributed by atoms with Crippen molar-refractivity contribution in [2.24, 2.45) is 13.0 Å². The van der Waals surface area contributed by atoms with Crippen molar-refractivity contribution < 1.29 is 18.7 Å². The highest BCUT2D eigenvalue weighted by atomic mass is 19.1. The Morgan fingerprint density at radius 3 is 2.75 bits per heavy atom. The van der Waals surface area contributed by atoms with Crippen molar-refractivity contribution in [3.63, 3.8) is 0 Å². The second-order valence-electron chi connectivity index (χ2n) is 7.86. The minimum absolute atomic E-state index is 0.00774. The van der Waals surface area contributed by atoms with Crippen LogP contribution in [0.15, 0.2) is 42.4 Å². The number of Topliss-reactive ketones (excluding diaryl/α,β-unsaturated/α-hetero) is 1. The summed E-state index contributed by atoms with van der Waals surface area (Å²) < 4.78 is 21.6. The lowest BCUT2D eigenvalue weighted by molar-refractivity contribution is -0.117. The molecule has 168 valence electrons. The zero-order valence-electron chi connectivity index (χ0n) is 18.1. The van der Waals surface area contributed by atoms with E-state index in [0.717, 1.165) is 12.8 Å². The number of pyridine rings is 1. The SMILES string of the molecule is CCC(=O)c1cnc(NC(=O)C2CC2)cc1NC1=CC=CC(F)(c2cnn(C)n2)C1OC. The topological polar surface area (TPSA) is 111 Å². The summed E-state index contributed by atoms with van der Waals surface area (Å²) in [4.78, 5) is 30.1. The third-order valence-corrected chi connectivity index (χ3v) is 5.51. The van der Waals surface area contributed by atoms with E-state index in [1.54, 1.807) is 32.2 Å². The van der Waals surface area contributed by atoms with E-state index in [2.05, 4.69) is 25.8 Å². The fourth-order valence-electron chi connectivity index (χ4n) is 3.61. The van der Waals surface area contributed by atoms with Gasteiger partial charge >= 0.3 is 0 Å². The summed E-state index contributed by atoms with van der Waals surface area (Å²) in [6.45, 7) is 1.75. The maximum absolute atomic E-state index is 16.1. The summed E-state index contributed by atoms with van der Waals surface area (Å²) in [7, 11) is 3.00. The Labute approximate surface area is 184 Å². The first kappa shape index (κ1) is 21.8. The van der Waals surface area contributed by atoms with Crippen LogP contribution in [0.1, 0.15) is 42.2 Å². The number of hydrogen-bond acceptors (Lipinski definition) is 7. The van der Waals surface area contributed by atoms with Crippen LogP contribution in [0.25, 0.3) is 0 Å². The summed E-state index contributed by atoms with van der Waals surface area (Å²) in [5.41, 5.74) is -0.828. The Morgan fingerprint density at radius 2 is 2.12 bits per heavy atom. The molecule has 1 fully saturated rings. The number of nitrogens with one attached hydrogen (secondary N) is 2. The minimum Gasteiger partial charge on any atom is -0.371 e. The second kappa shape index (κ2) is 8.62. The largest absolute Gasteiger partial charge is 0.371 e. The number of anilines is 2. The first-order valence-electron chi connectivity index (χ1n) is 10.4. The molecule has 0 bridgehead atoms. The lowest BCUT2D eigenvalue weighted by Gasteiger charge is -2.33. The zero-order valence-corrected chi connectivity index (χ0v) is 18.1. The summed E-state index contributed by atoms with van der Waals surface area (Å²) in [6, 6.07) is 1.58. The second-order valence-corrected chi connectivity index (χ2v) is 7.86. The van der Waals surface area contributed by atoms with Crippen LogP contribution in [-0.2, 0) is 22.2 Å². The van der Waals surface area contributed by atoms with E-state index < -0.39 is 11.8 Å². The van der Waals surface area contributed by atoms with E-state index in [4.69, 9.17) is 4.74 Å². The number of allylic oxidation sites excluding steroid dienone is 2. The standard InChI is InChI=1S/C22H25FN6O3/c1-4-17(30)14-11-24-19(27-21(31)13-7-8-13)10-16(14)26-15-6-5-9-22(23,20(15)32-3)18-12-25-29(2)28-18/h5-6,9-13,20H,4,7-8H2,1-3H3,(H2,24,26,27,31). The predicted octanol–water partition coefficient (Wildman–Crippen LogP) is 2.90. The molecule has 2 unspecified atom stereocenters. The van der Waals surface area contributed by atoms with E-state index in [0.29, 0.717) is 22.8 Å². The van der Waals surface area contributed by atoms with Crippen molar-refractivity contribution in [3.05, 3.63) is 53.6 Å². The van der Waals surface area contributed by atoms with Crippen LogP contribution in [0.4, 0.5) is 15.9 Å². The monoisotopic (exact) mass is 440 g/mol. The van der Waals surface area contributed by atoms with Gasteiger partial charge in [-0.1, -0.05) is 13.0 Å². The molecule has 2 aliphatic carbocycles. The molecule has 0 radical (unpaired) electrons. The first-order chi connectivity index (χ1) is 15.4. The molecule has 10 heteroatoms. The third-order valence-electron chi connectivity index (χ3n) is 5.51. The number of aryl methyl sites for hydroxylation is 1. The number of carbonyl (C=O) groups is 2. The normalized spacial score (nSPS) is 22.4. The van der Waals surface area contributed by atoms with E-state index in [1.807, 2.05) is 0 Å². The summed E-state index contributed by atoms with van der Waals surface area (Å²) in [5, 5.41) is 14.0. The molecule has 4 rings (SSSR count). The molecule has 1 amide bonds. The highest BCUT2D eigenvalue weighted by Crippen LogP contribution is 2.39. The van der Waals surface area contributed by atoms with Crippen LogP contribution < -0.4 is 10.6 Å². The number of alkyl halides is 1. The molecule has 2 atom stereocenters. The lowest BCUT2D eigenvalue weighted by Crippen LogP contribution is -2.41. The van der Waals surface area contributed by atoms with E-state index in [-0.39, 0.29) is 29.7 Å². The number of aromatic nitrogens is 4. The fourth-order valence-corrected chi connectivity index (χ4v) is 3.61. The molecule has 2 N–H and O–H groups in total. The molecular formula is C22H25FN6O3. The minimum atomic E-state index is -2.06. The average molecular weight is 440 g/mol. The molecule has 0 aliphatic heterocycles. The molecule has 0 aromatic carbocycles. The quantitative estimate of drug-likeness (QED) is 0.607. The van der Waals surface area contributed by atoms with Gasteiger partial charge in [-0.2, -0.15) is 15.0 Å². The van der Waals surface area contributed by atoms with Crippen molar-refractivity contribution >= 4 is 23.2 Å². The number of rotatable bonds is 8. The zero-order chi connectivity index (χ0) is 22.9. The first-order valence-corrected chi connectivity index (χ1v) is 10.4. The number of hydrogen-bond donors (Lipinski definition) is 2. The van der Waals surface area contributed by atoms with Gasteiger partial charge in [0.25, 0.3) is 0 Å². The molecule has 0 saturated heterocycles. The molecule has 0 spiro atoms. The van der Waals surface area contributed by atoms with Crippen molar-refractivity contribution in [2.75, 3.05) is 17.7 Å². The molecule has 1 saturated carbocycles. The van der Waals surface area contributed by atoms with E-state index in [9.17, 15) is 9.59 Å². The molecule has 2 aliphatic rings. The van der Waals surface area contributed by atoms with Crippen LogP contribution in [0, 0.1) is 5.92 Å². The van der Waals surface area contributed by atoms with Gasteiger partial charge in [-0.05, 0) is 25.0 Å². The lowest BCUT2D eigenvalue weighted by atomic mass is 9.88. The van der Waals surface area contributed by atoms with Gasteiger partial charge in [0.2, 0.25) is 11.6 Å². The number of amides is 1. The van der Waals surface area contributed by atoms with Crippen LogP contribution >= 0.6 is 0 Å². The van der Waals surface area contributed by atoms with E-state index >= 15 is 4.39 Å². The summed E-state index contributed by atoms with van der Waals surface area (Å²) in [5.74, 6) is 0.0891. The molecule has 2 aromatic rings. The van der Waals surface area contributed by atoms with Crippen molar-refractivity contribution in [3.8, 4) is 0 Å². The summed E-state index contributed by atoms with van der Waals surface area (Å²) >= 11 is 0. The van der Waals surface area contributed by atoms with Crippen molar-refractivity contribution in [1.82, 2.24) is 20.0 Å². The number of nitrogens with zero attached hydrogens (tertiary/aromatic N) is 4. The smallest absolute Gasteiger partial charge is 0.228 e. The van der Waals surface area contributed by atoms with Crippen LogP contribution in [0.5, 0.6) is 0 Å². The van der Waals surface area contributed by atoms with Gasteiger partial charge in [0, 0.05) is 44.5 Å². The molecule has 9 nitrogen and oxygen atoms in total. The van der Waals surface area contributed by atoms with Gasteiger partial charge in [-0.3, -0.25) is 9.59 Å². The molecule has 2 heterocycles. The van der Waals surface area contributed by atoms with Gasteiger partial charge in [0.05, 0.1) is 17.4 Å². The van der Waals surface area contributed by atoms with Gasteiger partial charge < -0.3 is 15.4 Å². The maximum Gasteiger partial charge on any atom is 0.228 e. The number of ether oxygens (including phenoxy) is 1. The molecule has 32 heavy (non-hydrogen) atoms. The number of ketones is 1. The van der Waals surface area contributed by atoms with Gasteiger partial charge in [-0.25, -0.2) is 9.37 Å². The number of methoxy groups -OCH3 is 1. The van der Waals surface area contributed by atoms with Crippen LogP contribution in [-0.4, -0.2) is 44.9 Å². The van der Waals surface area contributed by atoms with Crippen LogP contribution in [0.2, 0.25) is 0 Å². The van der Waals surface area contributed by atoms with Gasteiger partial charge in [0.15, 0.2) is 5.78 Å².